The quantitative estimate of drug-likeness (QED) is 0.846. The molecule has 0 bridgehead atoms. The summed E-state index contributed by atoms with van der Waals surface area (Å²) in [5, 5.41) is 14.6. The lowest BCUT2D eigenvalue weighted by atomic mass is 9.94. The minimum Gasteiger partial charge on any atom is -0.497 e. The largest absolute Gasteiger partial charge is 0.497 e. The Hall–Kier alpha value is -0.710. The van der Waals surface area contributed by atoms with Crippen LogP contribution in [0.15, 0.2) is 24.3 Å². The lowest BCUT2D eigenvalue weighted by molar-refractivity contribution is 0.165. The van der Waals surface area contributed by atoms with Crippen LogP contribution >= 0.6 is 11.8 Å². The lowest BCUT2D eigenvalue weighted by Crippen LogP contribution is -2.37. The van der Waals surface area contributed by atoms with Gasteiger partial charge in [0.15, 0.2) is 0 Å². The van der Waals surface area contributed by atoms with E-state index >= 15 is 0 Å². The average molecular weight is 295 g/mol. The van der Waals surface area contributed by atoms with Crippen molar-refractivity contribution in [3.63, 3.8) is 0 Å². The summed E-state index contributed by atoms with van der Waals surface area (Å²) in [7, 11) is 1.65. The van der Waals surface area contributed by atoms with Crippen LogP contribution in [-0.4, -0.2) is 36.3 Å². The van der Waals surface area contributed by atoms with E-state index in [2.05, 4.69) is 11.6 Å². The summed E-state index contributed by atoms with van der Waals surface area (Å²) >= 11 is 1.97. The first-order valence-corrected chi connectivity index (χ1v) is 8.60. The zero-order valence-corrected chi connectivity index (χ0v) is 13.2. The summed E-state index contributed by atoms with van der Waals surface area (Å²) < 4.78 is 5.19. The summed E-state index contributed by atoms with van der Waals surface area (Å²) in [4.78, 5) is 0. The van der Waals surface area contributed by atoms with E-state index in [1.54, 1.807) is 7.11 Å². The minimum atomic E-state index is -0.472. The molecule has 0 spiro atoms. The van der Waals surface area contributed by atoms with E-state index in [0.29, 0.717) is 12.6 Å². The monoisotopic (exact) mass is 295 g/mol. The maximum atomic E-state index is 10.3. The molecule has 4 heteroatoms. The van der Waals surface area contributed by atoms with E-state index in [1.165, 1.54) is 25.7 Å². The molecule has 1 aliphatic rings. The van der Waals surface area contributed by atoms with Crippen LogP contribution in [0.3, 0.4) is 0 Å². The smallest absolute Gasteiger partial charge is 0.119 e. The second-order valence-corrected chi connectivity index (χ2v) is 6.56. The number of benzene rings is 1. The molecule has 1 fully saturated rings. The summed E-state index contributed by atoms with van der Waals surface area (Å²) in [5.74, 6) is 0.793. The Bertz CT molecular complexity index is 413. The summed E-state index contributed by atoms with van der Waals surface area (Å²) in [6, 6.07) is 8.20. The van der Waals surface area contributed by atoms with Crippen LogP contribution in [0.25, 0.3) is 0 Å². The summed E-state index contributed by atoms with van der Waals surface area (Å²) in [6.45, 7) is 0.610. The zero-order chi connectivity index (χ0) is 14.4. The molecule has 0 saturated heterocycles. The third-order valence-corrected chi connectivity index (χ3v) is 5.13. The number of nitrogens with one attached hydrogen (secondary N) is 1. The van der Waals surface area contributed by atoms with Crippen molar-refractivity contribution >= 4 is 11.8 Å². The second kappa shape index (κ2) is 7.91. The second-order valence-electron chi connectivity index (χ2n) is 5.42. The van der Waals surface area contributed by atoms with Crippen molar-refractivity contribution in [1.82, 2.24) is 5.32 Å². The van der Waals surface area contributed by atoms with E-state index < -0.39 is 6.10 Å². The molecule has 3 unspecified atom stereocenters. The van der Waals surface area contributed by atoms with Gasteiger partial charge in [-0.05, 0) is 43.2 Å². The highest BCUT2D eigenvalue weighted by Gasteiger charge is 2.21. The summed E-state index contributed by atoms with van der Waals surface area (Å²) in [5.41, 5.74) is 0.911. The van der Waals surface area contributed by atoms with Gasteiger partial charge in [0.25, 0.3) is 0 Å². The highest BCUT2D eigenvalue weighted by Crippen LogP contribution is 2.27. The number of ether oxygens (including phenoxy) is 1. The molecule has 1 aliphatic carbocycles. The zero-order valence-electron chi connectivity index (χ0n) is 12.3. The molecule has 0 radical (unpaired) electrons. The van der Waals surface area contributed by atoms with Gasteiger partial charge in [-0.15, -0.1) is 0 Å². The van der Waals surface area contributed by atoms with Crippen molar-refractivity contribution in [3.8, 4) is 5.75 Å². The van der Waals surface area contributed by atoms with E-state index in [-0.39, 0.29) is 0 Å². The van der Waals surface area contributed by atoms with Crippen molar-refractivity contribution in [3.05, 3.63) is 29.8 Å². The van der Waals surface area contributed by atoms with Gasteiger partial charge in [-0.2, -0.15) is 11.8 Å². The lowest BCUT2D eigenvalue weighted by Gasteiger charge is -2.29. The molecule has 0 amide bonds. The van der Waals surface area contributed by atoms with Crippen molar-refractivity contribution in [2.24, 2.45) is 0 Å². The van der Waals surface area contributed by atoms with E-state index in [4.69, 9.17) is 4.74 Å². The van der Waals surface area contributed by atoms with Crippen LogP contribution in [0.4, 0.5) is 0 Å². The third-order valence-electron chi connectivity index (χ3n) is 4.04. The molecule has 112 valence electrons. The van der Waals surface area contributed by atoms with Gasteiger partial charge in [-0.3, -0.25) is 0 Å². The predicted molar refractivity (Wildman–Crippen MR) is 85.5 cm³/mol. The Morgan fingerprint density at radius 1 is 1.45 bits per heavy atom. The number of rotatable bonds is 6. The minimum absolute atomic E-state index is 0.472. The molecule has 0 aromatic heterocycles. The number of methoxy groups -OCH3 is 1. The number of thioether (sulfide) groups is 1. The van der Waals surface area contributed by atoms with Crippen molar-refractivity contribution in [1.29, 1.82) is 0 Å². The van der Waals surface area contributed by atoms with Crippen LogP contribution in [0.2, 0.25) is 0 Å². The molecular formula is C16H25NO2S. The topological polar surface area (TPSA) is 41.5 Å². The molecular weight excluding hydrogens is 270 g/mol. The molecule has 3 nitrogen and oxygen atoms in total. The molecule has 3 atom stereocenters. The first kappa shape index (κ1) is 15.7. The molecule has 1 aromatic rings. The fourth-order valence-corrected chi connectivity index (χ4v) is 3.62. The highest BCUT2D eigenvalue weighted by atomic mass is 32.2. The molecule has 0 heterocycles. The van der Waals surface area contributed by atoms with Gasteiger partial charge in [0.05, 0.1) is 13.2 Å². The van der Waals surface area contributed by atoms with Crippen LogP contribution in [-0.2, 0) is 0 Å². The number of hydrogen-bond donors (Lipinski definition) is 2. The molecule has 1 saturated carbocycles. The van der Waals surface area contributed by atoms with Crippen molar-refractivity contribution in [2.45, 2.75) is 43.1 Å². The fourth-order valence-electron chi connectivity index (χ4n) is 2.79. The van der Waals surface area contributed by atoms with Gasteiger partial charge in [0.1, 0.15) is 5.75 Å². The number of aliphatic hydroxyl groups excluding tert-OH is 1. The van der Waals surface area contributed by atoms with Gasteiger partial charge in [0, 0.05) is 17.8 Å². The SMILES string of the molecule is COc1cccc(C(O)CNC2CCCC(SC)C2)c1. The molecule has 0 aliphatic heterocycles. The first-order valence-electron chi connectivity index (χ1n) is 7.31. The maximum absolute atomic E-state index is 10.3. The third kappa shape index (κ3) is 4.40. The van der Waals surface area contributed by atoms with Gasteiger partial charge < -0.3 is 15.2 Å². The Morgan fingerprint density at radius 3 is 3.05 bits per heavy atom. The van der Waals surface area contributed by atoms with Gasteiger partial charge in [-0.25, -0.2) is 0 Å². The molecule has 2 N–H and O–H groups in total. The van der Waals surface area contributed by atoms with Gasteiger partial charge in [0.2, 0.25) is 0 Å². The van der Waals surface area contributed by atoms with Crippen LogP contribution in [0.1, 0.15) is 37.4 Å². The molecule has 1 aromatic carbocycles. The predicted octanol–water partition coefficient (Wildman–Crippen LogP) is 2.99. The van der Waals surface area contributed by atoms with E-state index in [1.807, 2.05) is 36.0 Å². The standard InChI is InChI=1S/C16H25NO2S/c1-19-14-7-3-5-12(9-14)16(18)11-17-13-6-4-8-15(10-13)20-2/h3,5,7,9,13,15-18H,4,6,8,10-11H2,1-2H3. The van der Waals surface area contributed by atoms with E-state index in [0.717, 1.165) is 16.6 Å². The van der Waals surface area contributed by atoms with Gasteiger partial charge in [-0.1, -0.05) is 18.6 Å². The Morgan fingerprint density at radius 2 is 2.30 bits per heavy atom. The number of aliphatic hydroxyl groups is 1. The number of hydrogen-bond acceptors (Lipinski definition) is 4. The van der Waals surface area contributed by atoms with Crippen LogP contribution in [0.5, 0.6) is 5.75 Å². The van der Waals surface area contributed by atoms with Crippen LogP contribution in [0, 0.1) is 0 Å². The maximum Gasteiger partial charge on any atom is 0.119 e. The molecule has 2 rings (SSSR count). The van der Waals surface area contributed by atoms with E-state index in [9.17, 15) is 5.11 Å². The van der Waals surface area contributed by atoms with Crippen molar-refractivity contribution in [2.75, 3.05) is 19.9 Å². The van der Waals surface area contributed by atoms with Crippen LogP contribution < -0.4 is 10.1 Å². The Balaban J connectivity index is 1.83. The average Bonchev–Trinajstić information content (AvgIpc) is 2.52. The Labute approximate surface area is 126 Å². The van der Waals surface area contributed by atoms with Crippen molar-refractivity contribution < 1.29 is 9.84 Å². The normalized spacial score (nSPS) is 24.4. The Kier molecular flexibility index (Phi) is 6.20. The fraction of sp³-hybridized carbons (Fsp3) is 0.625. The molecule has 20 heavy (non-hydrogen) atoms. The highest BCUT2D eigenvalue weighted by molar-refractivity contribution is 7.99. The summed E-state index contributed by atoms with van der Waals surface area (Å²) in [6.07, 6.45) is 6.78. The van der Waals surface area contributed by atoms with Gasteiger partial charge >= 0.3 is 0 Å². The first-order chi connectivity index (χ1) is 9.72.